The zero-order chi connectivity index (χ0) is 18.9. The number of amides is 1. The average Bonchev–Trinajstić information content (AvgIpc) is 3.35. The second kappa shape index (κ2) is 11.7. The van der Waals surface area contributed by atoms with Crippen LogP contribution in [0.3, 0.4) is 0 Å². The van der Waals surface area contributed by atoms with Crippen molar-refractivity contribution in [3.8, 4) is 0 Å². The van der Waals surface area contributed by atoms with Crippen molar-refractivity contribution in [1.82, 2.24) is 10.6 Å². The van der Waals surface area contributed by atoms with E-state index in [0.29, 0.717) is 13.0 Å². The predicted molar refractivity (Wildman–Crippen MR) is 123 cm³/mol. The molecule has 1 amide bonds. The Balaban J connectivity index is 0.00000280. The number of benzene rings is 1. The van der Waals surface area contributed by atoms with Gasteiger partial charge in [0.25, 0.3) is 0 Å². The Kier molecular flexibility index (Phi) is 9.33. The van der Waals surface area contributed by atoms with E-state index >= 15 is 0 Å². The van der Waals surface area contributed by atoms with Gasteiger partial charge in [-0.25, -0.2) is 4.99 Å². The lowest BCUT2D eigenvalue weighted by atomic mass is 10.2. The van der Waals surface area contributed by atoms with Gasteiger partial charge in [0.1, 0.15) is 5.76 Å². The largest absolute Gasteiger partial charge is 0.469 e. The number of aliphatic imine (C=N–C) groups is 1. The van der Waals surface area contributed by atoms with Crippen LogP contribution in [0.5, 0.6) is 0 Å². The summed E-state index contributed by atoms with van der Waals surface area (Å²) >= 11 is 0. The van der Waals surface area contributed by atoms with Gasteiger partial charge in [-0.15, -0.1) is 24.0 Å². The molecular weight excluding hydrogens is 467 g/mol. The SMILES string of the molecule is CCCNC(=NCc1ccc(N2CCCC2=O)cc1)NCCc1ccco1.I. The maximum absolute atomic E-state index is 11.8. The number of hydrogen-bond acceptors (Lipinski definition) is 3. The quantitative estimate of drug-likeness (QED) is 0.332. The number of carbonyl (C=O) groups is 1. The molecule has 0 unspecified atom stereocenters. The summed E-state index contributed by atoms with van der Waals surface area (Å²) in [5.74, 6) is 1.99. The maximum atomic E-state index is 11.8. The number of rotatable bonds is 8. The lowest BCUT2D eigenvalue weighted by Gasteiger charge is -2.16. The Hall–Kier alpha value is -2.03. The molecule has 0 radical (unpaired) electrons. The van der Waals surface area contributed by atoms with Gasteiger partial charge in [0.2, 0.25) is 5.91 Å². The number of guanidine groups is 1. The van der Waals surface area contributed by atoms with Crippen LogP contribution in [-0.2, 0) is 17.8 Å². The Bertz CT molecular complexity index is 744. The summed E-state index contributed by atoms with van der Waals surface area (Å²) in [7, 11) is 0. The highest BCUT2D eigenvalue weighted by atomic mass is 127. The second-order valence-corrected chi connectivity index (χ2v) is 6.66. The monoisotopic (exact) mass is 496 g/mol. The van der Waals surface area contributed by atoms with Crippen molar-refractivity contribution in [2.24, 2.45) is 4.99 Å². The molecule has 1 saturated heterocycles. The minimum atomic E-state index is 0. The minimum Gasteiger partial charge on any atom is -0.469 e. The van der Waals surface area contributed by atoms with Crippen LogP contribution in [0, 0.1) is 0 Å². The molecule has 152 valence electrons. The molecule has 0 atom stereocenters. The van der Waals surface area contributed by atoms with E-state index < -0.39 is 0 Å². The van der Waals surface area contributed by atoms with Crippen LogP contribution >= 0.6 is 24.0 Å². The van der Waals surface area contributed by atoms with Crippen molar-refractivity contribution < 1.29 is 9.21 Å². The van der Waals surface area contributed by atoms with Gasteiger partial charge in [0.05, 0.1) is 12.8 Å². The van der Waals surface area contributed by atoms with Gasteiger partial charge in [-0.2, -0.15) is 0 Å². The van der Waals surface area contributed by atoms with Crippen LogP contribution in [0.25, 0.3) is 0 Å². The summed E-state index contributed by atoms with van der Waals surface area (Å²) in [4.78, 5) is 18.4. The van der Waals surface area contributed by atoms with E-state index in [0.717, 1.165) is 61.9 Å². The molecule has 7 heteroatoms. The predicted octanol–water partition coefficient (Wildman–Crippen LogP) is 3.71. The van der Waals surface area contributed by atoms with Gasteiger partial charge < -0.3 is 20.0 Å². The fourth-order valence-electron chi connectivity index (χ4n) is 3.05. The van der Waals surface area contributed by atoms with Gasteiger partial charge in [0.15, 0.2) is 5.96 Å². The molecule has 2 aromatic rings. The van der Waals surface area contributed by atoms with E-state index in [-0.39, 0.29) is 29.9 Å². The van der Waals surface area contributed by atoms with Crippen LogP contribution in [0.1, 0.15) is 37.5 Å². The average molecular weight is 496 g/mol. The van der Waals surface area contributed by atoms with Gasteiger partial charge in [0, 0.05) is 38.2 Å². The number of hydrogen-bond donors (Lipinski definition) is 2. The molecule has 1 aliphatic heterocycles. The number of carbonyl (C=O) groups excluding carboxylic acids is 1. The Morgan fingerprint density at radius 3 is 2.61 bits per heavy atom. The van der Waals surface area contributed by atoms with Crippen LogP contribution in [-0.4, -0.2) is 31.5 Å². The number of nitrogens with one attached hydrogen (secondary N) is 2. The van der Waals surface area contributed by atoms with Gasteiger partial charge in [-0.05, 0) is 42.7 Å². The lowest BCUT2D eigenvalue weighted by molar-refractivity contribution is -0.117. The highest BCUT2D eigenvalue weighted by Crippen LogP contribution is 2.21. The zero-order valence-corrected chi connectivity index (χ0v) is 18.6. The second-order valence-electron chi connectivity index (χ2n) is 6.66. The minimum absolute atomic E-state index is 0. The van der Waals surface area contributed by atoms with Crippen molar-refractivity contribution in [2.45, 2.75) is 39.2 Å². The molecule has 0 bridgehead atoms. The highest BCUT2D eigenvalue weighted by molar-refractivity contribution is 14.0. The third-order valence-corrected chi connectivity index (χ3v) is 4.53. The summed E-state index contributed by atoms with van der Waals surface area (Å²) in [5, 5.41) is 6.69. The molecule has 1 aromatic carbocycles. The number of nitrogens with zero attached hydrogens (tertiary/aromatic N) is 2. The molecule has 2 N–H and O–H groups in total. The van der Waals surface area contributed by atoms with Gasteiger partial charge in [-0.3, -0.25) is 4.79 Å². The van der Waals surface area contributed by atoms with E-state index in [4.69, 9.17) is 4.42 Å². The fourth-order valence-corrected chi connectivity index (χ4v) is 3.05. The third kappa shape index (κ3) is 6.54. The number of furan rings is 1. The third-order valence-electron chi connectivity index (χ3n) is 4.53. The Morgan fingerprint density at radius 1 is 1.18 bits per heavy atom. The van der Waals surface area contributed by atoms with Crippen LogP contribution in [0.15, 0.2) is 52.1 Å². The normalized spacial score (nSPS) is 14.1. The molecule has 1 fully saturated rings. The van der Waals surface area contributed by atoms with Gasteiger partial charge in [-0.1, -0.05) is 19.1 Å². The maximum Gasteiger partial charge on any atom is 0.227 e. The molecule has 6 nitrogen and oxygen atoms in total. The molecule has 3 rings (SSSR count). The van der Waals surface area contributed by atoms with E-state index in [1.807, 2.05) is 41.3 Å². The first kappa shape index (κ1) is 22.3. The van der Waals surface area contributed by atoms with Crippen molar-refractivity contribution in [1.29, 1.82) is 0 Å². The summed E-state index contributed by atoms with van der Waals surface area (Å²) in [6.07, 6.45) is 5.15. The first-order valence-electron chi connectivity index (χ1n) is 9.70. The first-order valence-corrected chi connectivity index (χ1v) is 9.70. The van der Waals surface area contributed by atoms with Crippen molar-refractivity contribution in [3.05, 3.63) is 54.0 Å². The summed E-state index contributed by atoms with van der Waals surface area (Å²) in [6, 6.07) is 12.0. The van der Waals surface area contributed by atoms with E-state index in [1.165, 1.54) is 0 Å². The zero-order valence-electron chi connectivity index (χ0n) is 16.3. The number of halogens is 1. The number of anilines is 1. The van der Waals surface area contributed by atoms with Crippen LogP contribution in [0.4, 0.5) is 5.69 Å². The molecule has 28 heavy (non-hydrogen) atoms. The van der Waals surface area contributed by atoms with Crippen molar-refractivity contribution >= 4 is 41.5 Å². The Morgan fingerprint density at radius 2 is 1.96 bits per heavy atom. The van der Waals surface area contributed by atoms with E-state index in [9.17, 15) is 4.79 Å². The highest BCUT2D eigenvalue weighted by Gasteiger charge is 2.21. The lowest BCUT2D eigenvalue weighted by Crippen LogP contribution is -2.38. The first-order chi connectivity index (χ1) is 13.3. The van der Waals surface area contributed by atoms with Crippen LogP contribution < -0.4 is 15.5 Å². The summed E-state index contributed by atoms with van der Waals surface area (Å²) in [5.41, 5.74) is 2.10. The molecule has 0 spiro atoms. The van der Waals surface area contributed by atoms with Crippen molar-refractivity contribution in [2.75, 3.05) is 24.5 Å². The van der Waals surface area contributed by atoms with E-state index in [2.05, 4.69) is 22.5 Å². The molecule has 1 aromatic heterocycles. The fraction of sp³-hybridized carbons (Fsp3) is 0.429. The topological polar surface area (TPSA) is 69.9 Å². The molecular formula is C21H29IN4O2. The van der Waals surface area contributed by atoms with E-state index in [1.54, 1.807) is 6.26 Å². The molecule has 0 aliphatic carbocycles. The smallest absolute Gasteiger partial charge is 0.227 e. The molecule has 0 saturated carbocycles. The standard InChI is InChI=1S/C21H28N4O2.HI/c1-2-12-22-21(23-13-11-19-5-4-15-27-19)24-16-17-7-9-18(10-8-17)25-14-3-6-20(25)26;/h4-5,7-10,15H,2-3,6,11-14,16H2,1H3,(H2,22,23,24);1H. The van der Waals surface area contributed by atoms with Gasteiger partial charge >= 0.3 is 0 Å². The molecule has 2 heterocycles. The summed E-state index contributed by atoms with van der Waals surface area (Å²) < 4.78 is 5.36. The molecule has 1 aliphatic rings. The van der Waals surface area contributed by atoms with Crippen LogP contribution in [0.2, 0.25) is 0 Å². The summed E-state index contributed by atoms with van der Waals surface area (Å²) in [6.45, 7) is 5.18. The van der Waals surface area contributed by atoms with Crippen molar-refractivity contribution in [3.63, 3.8) is 0 Å². The Labute approximate surface area is 183 Å².